The monoisotopic (exact) mass is 157 g/mol. The Balaban J connectivity index is 1.84. The molecule has 2 heterocycles. The first-order valence-electron chi connectivity index (χ1n) is 4.31. The summed E-state index contributed by atoms with van der Waals surface area (Å²) in [4.78, 5) is 2.33. The second-order valence-electron chi connectivity index (χ2n) is 3.54. The predicted molar refractivity (Wildman–Crippen MR) is 41.3 cm³/mol. The van der Waals surface area contributed by atoms with E-state index < -0.39 is 0 Å². The van der Waals surface area contributed by atoms with Crippen molar-refractivity contribution in [3.63, 3.8) is 0 Å². The summed E-state index contributed by atoms with van der Waals surface area (Å²) in [5.74, 6) is 1.50. The summed E-state index contributed by atoms with van der Waals surface area (Å²) >= 11 is 0. The van der Waals surface area contributed by atoms with Gasteiger partial charge >= 0.3 is 0 Å². The van der Waals surface area contributed by atoms with Crippen molar-refractivity contribution in [2.24, 2.45) is 11.8 Å². The lowest BCUT2D eigenvalue weighted by Gasteiger charge is -2.14. The second-order valence-corrected chi connectivity index (χ2v) is 3.54. The van der Waals surface area contributed by atoms with Gasteiger partial charge in [0.05, 0.1) is 19.8 Å². The van der Waals surface area contributed by atoms with Crippen LogP contribution in [0.15, 0.2) is 0 Å². The summed E-state index contributed by atoms with van der Waals surface area (Å²) in [5.41, 5.74) is 0. The van der Waals surface area contributed by atoms with E-state index in [4.69, 9.17) is 9.84 Å². The molecule has 2 aliphatic rings. The third kappa shape index (κ3) is 1.41. The van der Waals surface area contributed by atoms with Gasteiger partial charge in [-0.1, -0.05) is 0 Å². The van der Waals surface area contributed by atoms with Gasteiger partial charge in [-0.25, -0.2) is 0 Å². The van der Waals surface area contributed by atoms with Crippen LogP contribution in [0.2, 0.25) is 0 Å². The van der Waals surface area contributed by atoms with Crippen molar-refractivity contribution in [1.29, 1.82) is 0 Å². The molecule has 0 saturated carbocycles. The van der Waals surface area contributed by atoms with E-state index in [9.17, 15) is 0 Å². The van der Waals surface area contributed by atoms with Crippen molar-refractivity contribution in [2.75, 3.05) is 39.5 Å². The van der Waals surface area contributed by atoms with Crippen LogP contribution in [0.5, 0.6) is 0 Å². The summed E-state index contributed by atoms with van der Waals surface area (Å²) in [6.45, 7) is 5.27. The highest BCUT2D eigenvalue weighted by atomic mass is 16.5. The predicted octanol–water partition coefficient (Wildman–Crippen LogP) is -0.443. The number of ether oxygens (including phenoxy) is 1. The lowest BCUT2D eigenvalue weighted by Crippen LogP contribution is -2.25. The van der Waals surface area contributed by atoms with Gasteiger partial charge in [0.1, 0.15) is 0 Å². The molecule has 0 aromatic carbocycles. The summed E-state index contributed by atoms with van der Waals surface area (Å²) in [7, 11) is 0. The van der Waals surface area contributed by atoms with Crippen LogP contribution in [-0.2, 0) is 4.74 Å². The molecular formula is C8H15NO2. The average molecular weight is 157 g/mol. The van der Waals surface area contributed by atoms with Crippen LogP contribution in [0.4, 0.5) is 0 Å². The SMILES string of the molecule is OCCN1CC2COCC2C1. The maximum Gasteiger partial charge on any atom is 0.0558 e. The molecular weight excluding hydrogens is 142 g/mol. The third-order valence-electron chi connectivity index (χ3n) is 2.73. The molecule has 2 rings (SSSR count). The molecule has 2 aliphatic heterocycles. The van der Waals surface area contributed by atoms with Crippen LogP contribution in [-0.4, -0.2) is 49.5 Å². The average Bonchev–Trinajstić information content (AvgIpc) is 2.46. The number of hydrogen-bond donors (Lipinski definition) is 1. The molecule has 1 N–H and O–H groups in total. The topological polar surface area (TPSA) is 32.7 Å². The molecule has 0 bridgehead atoms. The second kappa shape index (κ2) is 3.09. The van der Waals surface area contributed by atoms with E-state index in [1.165, 1.54) is 0 Å². The first-order chi connectivity index (χ1) is 5.40. The van der Waals surface area contributed by atoms with E-state index in [1.807, 2.05) is 0 Å². The van der Waals surface area contributed by atoms with E-state index in [2.05, 4.69) is 4.90 Å². The van der Waals surface area contributed by atoms with Gasteiger partial charge in [0.2, 0.25) is 0 Å². The number of hydrogen-bond acceptors (Lipinski definition) is 3. The lowest BCUT2D eigenvalue weighted by molar-refractivity contribution is 0.145. The van der Waals surface area contributed by atoms with Crippen LogP contribution in [0.25, 0.3) is 0 Å². The fourth-order valence-corrected chi connectivity index (χ4v) is 2.11. The Labute approximate surface area is 66.9 Å². The number of rotatable bonds is 2. The lowest BCUT2D eigenvalue weighted by atomic mass is 10.0. The number of aliphatic hydroxyl groups excluding tert-OH is 1. The highest BCUT2D eigenvalue weighted by molar-refractivity contribution is 4.86. The molecule has 64 valence electrons. The highest BCUT2D eigenvalue weighted by Gasteiger charge is 2.36. The molecule has 2 saturated heterocycles. The molecule has 0 aromatic rings. The first kappa shape index (κ1) is 7.53. The van der Waals surface area contributed by atoms with Gasteiger partial charge in [-0.2, -0.15) is 0 Å². The van der Waals surface area contributed by atoms with Gasteiger partial charge in [0.15, 0.2) is 0 Å². The Bertz CT molecular complexity index is 128. The van der Waals surface area contributed by atoms with Crippen molar-refractivity contribution in [1.82, 2.24) is 4.90 Å². The smallest absolute Gasteiger partial charge is 0.0558 e. The Kier molecular flexibility index (Phi) is 2.11. The zero-order valence-corrected chi connectivity index (χ0v) is 6.70. The minimum absolute atomic E-state index is 0.292. The van der Waals surface area contributed by atoms with Gasteiger partial charge in [0, 0.05) is 31.5 Å². The van der Waals surface area contributed by atoms with E-state index >= 15 is 0 Å². The fourth-order valence-electron chi connectivity index (χ4n) is 2.11. The molecule has 3 nitrogen and oxygen atoms in total. The minimum Gasteiger partial charge on any atom is -0.395 e. The van der Waals surface area contributed by atoms with Crippen molar-refractivity contribution < 1.29 is 9.84 Å². The number of nitrogens with zero attached hydrogens (tertiary/aromatic N) is 1. The highest BCUT2D eigenvalue weighted by Crippen LogP contribution is 2.28. The largest absolute Gasteiger partial charge is 0.395 e. The van der Waals surface area contributed by atoms with Crippen LogP contribution >= 0.6 is 0 Å². The number of likely N-dealkylation sites (tertiary alicyclic amines) is 1. The first-order valence-corrected chi connectivity index (χ1v) is 4.31. The number of aliphatic hydroxyl groups is 1. The number of β-amino-alcohol motifs (C(OH)–C–C–N with tert-alkyl or cyclic N) is 1. The molecule has 2 unspecified atom stereocenters. The molecule has 0 amide bonds. The standard InChI is InChI=1S/C8H15NO2/c10-2-1-9-3-7-5-11-6-8(7)4-9/h7-8,10H,1-6H2. The molecule has 3 heteroatoms. The summed E-state index contributed by atoms with van der Waals surface area (Å²) in [6.07, 6.45) is 0. The molecule has 0 aliphatic carbocycles. The minimum atomic E-state index is 0.292. The van der Waals surface area contributed by atoms with E-state index in [1.54, 1.807) is 0 Å². The van der Waals surface area contributed by atoms with Crippen LogP contribution < -0.4 is 0 Å². The van der Waals surface area contributed by atoms with Gasteiger partial charge in [-0.05, 0) is 0 Å². The maximum absolute atomic E-state index is 8.72. The zero-order chi connectivity index (χ0) is 7.68. The molecule has 0 spiro atoms. The Morgan fingerprint density at radius 3 is 2.45 bits per heavy atom. The van der Waals surface area contributed by atoms with E-state index in [-0.39, 0.29) is 0 Å². The quantitative estimate of drug-likeness (QED) is 0.589. The Morgan fingerprint density at radius 2 is 1.91 bits per heavy atom. The van der Waals surface area contributed by atoms with Crippen LogP contribution in [0.1, 0.15) is 0 Å². The van der Waals surface area contributed by atoms with Gasteiger partial charge in [0.25, 0.3) is 0 Å². The van der Waals surface area contributed by atoms with Crippen molar-refractivity contribution >= 4 is 0 Å². The Hall–Kier alpha value is -0.120. The molecule has 11 heavy (non-hydrogen) atoms. The maximum atomic E-state index is 8.72. The normalized spacial score (nSPS) is 37.9. The molecule has 2 fully saturated rings. The van der Waals surface area contributed by atoms with E-state index in [0.717, 1.165) is 44.7 Å². The van der Waals surface area contributed by atoms with Gasteiger partial charge in [-0.15, -0.1) is 0 Å². The summed E-state index contributed by atoms with van der Waals surface area (Å²) < 4.78 is 5.35. The fraction of sp³-hybridized carbons (Fsp3) is 1.00. The van der Waals surface area contributed by atoms with Crippen molar-refractivity contribution in [3.05, 3.63) is 0 Å². The third-order valence-corrected chi connectivity index (χ3v) is 2.73. The Morgan fingerprint density at radius 1 is 1.27 bits per heavy atom. The zero-order valence-electron chi connectivity index (χ0n) is 6.70. The molecule has 0 radical (unpaired) electrons. The van der Waals surface area contributed by atoms with Crippen molar-refractivity contribution in [2.45, 2.75) is 0 Å². The van der Waals surface area contributed by atoms with E-state index in [0.29, 0.717) is 6.61 Å². The van der Waals surface area contributed by atoms with Crippen LogP contribution in [0.3, 0.4) is 0 Å². The van der Waals surface area contributed by atoms with Crippen molar-refractivity contribution in [3.8, 4) is 0 Å². The molecule has 0 aromatic heterocycles. The van der Waals surface area contributed by atoms with Crippen LogP contribution in [0, 0.1) is 11.8 Å². The summed E-state index contributed by atoms with van der Waals surface area (Å²) in [6, 6.07) is 0. The molecule has 2 atom stereocenters. The van der Waals surface area contributed by atoms with Gasteiger partial charge in [-0.3, -0.25) is 0 Å². The van der Waals surface area contributed by atoms with Gasteiger partial charge < -0.3 is 14.7 Å². The number of fused-ring (bicyclic) bond motifs is 1. The summed E-state index contributed by atoms with van der Waals surface area (Å²) in [5, 5.41) is 8.72.